The molecule has 2 aromatic heterocycles. The van der Waals surface area contributed by atoms with Crippen molar-refractivity contribution in [2.24, 2.45) is 0 Å². The van der Waals surface area contributed by atoms with Gasteiger partial charge in [-0.2, -0.15) is 0 Å². The first kappa shape index (κ1) is 9.28. The number of fused-ring (bicyclic) bond motifs is 1. The van der Waals surface area contributed by atoms with Crippen molar-refractivity contribution in [3.05, 3.63) is 30.1 Å². The van der Waals surface area contributed by atoms with Gasteiger partial charge in [0.05, 0.1) is 7.11 Å². The van der Waals surface area contributed by atoms with E-state index in [0.29, 0.717) is 5.56 Å². The van der Waals surface area contributed by atoms with Gasteiger partial charge in [-0.15, -0.1) is 0 Å². The summed E-state index contributed by atoms with van der Waals surface area (Å²) in [7, 11) is 1.30. The summed E-state index contributed by atoms with van der Waals surface area (Å²) in [6, 6.07) is 3.75. The Morgan fingerprint density at radius 1 is 1.60 bits per heavy atom. The van der Waals surface area contributed by atoms with Gasteiger partial charge in [0.2, 0.25) is 0 Å². The minimum atomic E-state index is -0.552. The Hall–Kier alpha value is -2.28. The Morgan fingerprint density at radius 2 is 2.47 bits per heavy atom. The van der Waals surface area contributed by atoms with Crippen LogP contribution in [0.1, 0.15) is 5.56 Å². The highest BCUT2D eigenvalue weighted by Gasteiger charge is 1.96. The molecule has 0 unspecified atom stereocenters. The maximum atomic E-state index is 10.8. The third-order valence-corrected chi connectivity index (χ3v) is 1.89. The van der Waals surface area contributed by atoms with Gasteiger partial charge >= 0.3 is 5.97 Å². The first-order chi connectivity index (χ1) is 7.29. The molecule has 4 nitrogen and oxygen atoms in total. The monoisotopic (exact) mass is 200 g/mol. The fourth-order valence-electron chi connectivity index (χ4n) is 1.18. The Bertz CT molecular complexity index is 560. The van der Waals surface area contributed by atoms with Crippen LogP contribution in [0.25, 0.3) is 11.0 Å². The van der Waals surface area contributed by atoms with Crippen LogP contribution in [0.3, 0.4) is 0 Å². The molecule has 0 amide bonds. The second-order valence-electron chi connectivity index (χ2n) is 2.88. The summed E-state index contributed by atoms with van der Waals surface area (Å²) >= 11 is 0. The number of aromatic amines is 1. The van der Waals surface area contributed by atoms with Gasteiger partial charge in [0.1, 0.15) is 5.65 Å². The number of carbonyl (C=O) groups is 1. The van der Waals surface area contributed by atoms with Crippen molar-refractivity contribution < 1.29 is 9.53 Å². The van der Waals surface area contributed by atoms with Crippen molar-refractivity contribution in [2.75, 3.05) is 7.11 Å². The number of methoxy groups -OCH3 is 1. The highest BCUT2D eigenvalue weighted by molar-refractivity contribution is 5.89. The van der Waals surface area contributed by atoms with E-state index in [1.807, 2.05) is 12.1 Å². The summed E-state index contributed by atoms with van der Waals surface area (Å²) in [5.41, 5.74) is 1.49. The third kappa shape index (κ3) is 1.97. The lowest BCUT2D eigenvalue weighted by Gasteiger charge is -1.90. The Morgan fingerprint density at radius 3 is 3.27 bits per heavy atom. The molecule has 0 aromatic carbocycles. The first-order valence-electron chi connectivity index (χ1n) is 4.33. The maximum absolute atomic E-state index is 10.8. The summed E-state index contributed by atoms with van der Waals surface area (Å²) in [5, 5.41) is 0.965. The molecule has 74 valence electrons. The molecule has 0 aliphatic rings. The second kappa shape index (κ2) is 3.84. The number of pyridine rings is 1. The Kier molecular flexibility index (Phi) is 2.38. The number of hydrogen-bond donors (Lipinski definition) is 1. The quantitative estimate of drug-likeness (QED) is 0.511. The van der Waals surface area contributed by atoms with Crippen molar-refractivity contribution in [3.63, 3.8) is 0 Å². The maximum Gasteiger partial charge on any atom is 0.384 e. The molecule has 2 aromatic rings. The molecule has 2 rings (SSSR count). The van der Waals surface area contributed by atoms with Crippen LogP contribution in [-0.2, 0) is 9.53 Å². The number of carbonyl (C=O) groups excluding carboxylic acids is 1. The molecule has 0 saturated carbocycles. The number of ether oxygens (including phenoxy) is 1. The Balaban J connectivity index is 2.35. The van der Waals surface area contributed by atoms with Gasteiger partial charge in [0, 0.05) is 29.3 Å². The van der Waals surface area contributed by atoms with Gasteiger partial charge in [-0.1, -0.05) is 5.92 Å². The van der Waals surface area contributed by atoms with Crippen LogP contribution in [-0.4, -0.2) is 23.0 Å². The van der Waals surface area contributed by atoms with E-state index in [9.17, 15) is 4.79 Å². The van der Waals surface area contributed by atoms with E-state index in [-0.39, 0.29) is 0 Å². The molecule has 0 spiro atoms. The molecule has 2 heterocycles. The molecule has 0 aliphatic carbocycles. The standard InChI is InChI=1S/C11H8N2O2/c1-15-10(14)3-2-8-6-9-4-5-12-11(9)13-7-8/h4-7H,1H3,(H,12,13). The zero-order chi connectivity index (χ0) is 10.7. The third-order valence-electron chi connectivity index (χ3n) is 1.89. The van der Waals surface area contributed by atoms with E-state index in [2.05, 4.69) is 26.5 Å². The smallest absolute Gasteiger partial charge is 0.384 e. The number of aromatic nitrogens is 2. The highest BCUT2D eigenvalue weighted by atomic mass is 16.5. The topological polar surface area (TPSA) is 55.0 Å². The van der Waals surface area contributed by atoms with E-state index in [4.69, 9.17) is 0 Å². The summed E-state index contributed by atoms with van der Waals surface area (Å²) in [6.07, 6.45) is 3.41. The van der Waals surface area contributed by atoms with Gasteiger partial charge in [0.25, 0.3) is 0 Å². The predicted molar refractivity (Wildman–Crippen MR) is 55.0 cm³/mol. The van der Waals surface area contributed by atoms with Crippen LogP contribution in [0.2, 0.25) is 0 Å². The van der Waals surface area contributed by atoms with Gasteiger partial charge in [-0.3, -0.25) is 0 Å². The molecule has 0 saturated heterocycles. The van der Waals surface area contributed by atoms with E-state index < -0.39 is 5.97 Å². The predicted octanol–water partition coefficient (Wildman–Crippen LogP) is 1.09. The summed E-state index contributed by atoms with van der Waals surface area (Å²) in [5.74, 6) is 4.47. The zero-order valence-electron chi connectivity index (χ0n) is 8.07. The molecule has 0 atom stereocenters. The van der Waals surface area contributed by atoms with Gasteiger partial charge in [0.15, 0.2) is 0 Å². The fourth-order valence-corrected chi connectivity index (χ4v) is 1.18. The van der Waals surface area contributed by atoms with Crippen molar-refractivity contribution in [2.45, 2.75) is 0 Å². The van der Waals surface area contributed by atoms with Crippen molar-refractivity contribution in [1.82, 2.24) is 9.97 Å². The summed E-state index contributed by atoms with van der Waals surface area (Å²) in [6.45, 7) is 0. The van der Waals surface area contributed by atoms with Crippen LogP contribution in [0.15, 0.2) is 24.5 Å². The lowest BCUT2D eigenvalue weighted by atomic mass is 10.2. The molecule has 4 heteroatoms. The average Bonchev–Trinajstić information content (AvgIpc) is 2.72. The number of H-pyrrole nitrogens is 1. The number of hydrogen-bond acceptors (Lipinski definition) is 3. The fraction of sp³-hybridized carbons (Fsp3) is 0.0909. The van der Waals surface area contributed by atoms with E-state index in [1.54, 1.807) is 12.4 Å². The van der Waals surface area contributed by atoms with Crippen LogP contribution >= 0.6 is 0 Å². The molecule has 0 bridgehead atoms. The van der Waals surface area contributed by atoms with Crippen molar-refractivity contribution >= 4 is 17.0 Å². The Labute approximate surface area is 86.3 Å². The van der Waals surface area contributed by atoms with Crippen molar-refractivity contribution in [3.8, 4) is 11.8 Å². The number of esters is 1. The lowest BCUT2D eigenvalue weighted by Crippen LogP contribution is -1.94. The van der Waals surface area contributed by atoms with Crippen LogP contribution < -0.4 is 0 Å². The molecule has 0 radical (unpaired) electrons. The van der Waals surface area contributed by atoms with Crippen LogP contribution in [0, 0.1) is 11.8 Å². The molecule has 0 fully saturated rings. The number of nitrogens with zero attached hydrogens (tertiary/aromatic N) is 1. The van der Waals surface area contributed by atoms with E-state index in [0.717, 1.165) is 11.0 Å². The van der Waals surface area contributed by atoms with Crippen LogP contribution in [0.4, 0.5) is 0 Å². The SMILES string of the molecule is COC(=O)C#Cc1cnc2[nH]ccc2c1. The minimum absolute atomic E-state index is 0.552. The normalized spacial score (nSPS) is 9.40. The number of rotatable bonds is 0. The molecular weight excluding hydrogens is 192 g/mol. The zero-order valence-corrected chi connectivity index (χ0v) is 8.07. The van der Waals surface area contributed by atoms with E-state index in [1.165, 1.54) is 7.11 Å². The highest BCUT2D eigenvalue weighted by Crippen LogP contribution is 2.10. The lowest BCUT2D eigenvalue weighted by molar-refractivity contribution is -0.133. The number of nitrogens with one attached hydrogen (secondary N) is 1. The van der Waals surface area contributed by atoms with Crippen LogP contribution in [0.5, 0.6) is 0 Å². The largest absolute Gasteiger partial charge is 0.459 e. The molecule has 0 aliphatic heterocycles. The first-order valence-corrected chi connectivity index (χ1v) is 4.33. The summed E-state index contributed by atoms with van der Waals surface area (Å²) < 4.78 is 4.41. The van der Waals surface area contributed by atoms with Gasteiger partial charge in [-0.05, 0) is 12.1 Å². The van der Waals surface area contributed by atoms with Gasteiger partial charge in [-0.25, -0.2) is 9.78 Å². The second-order valence-corrected chi connectivity index (χ2v) is 2.88. The molecule has 1 N–H and O–H groups in total. The minimum Gasteiger partial charge on any atom is -0.459 e. The molecular formula is C11H8N2O2. The summed E-state index contributed by atoms with van der Waals surface area (Å²) in [4.78, 5) is 17.9. The van der Waals surface area contributed by atoms with Gasteiger partial charge < -0.3 is 9.72 Å². The average molecular weight is 200 g/mol. The van der Waals surface area contributed by atoms with Crippen molar-refractivity contribution in [1.29, 1.82) is 0 Å². The molecule has 15 heavy (non-hydrogen) atoms. The van der Waals surface area contributed by atoms with E-state index >= 15 is 0 Å².